The van der Waals surface area contributed by atoms with Crippen molar-refractivity contribution in [1.29, 1.82) is 0 Å². The number of piperazine rings is 1. The number of amides is 2. The standard InChI is InChI=1S/C21H38N8O3/c1-5-7-8-9-17(14-29(32)15-30)19(31)25-26-20-22-18(6-2)23-21(24-20)28-12-10-27(11-13-28)16(3)4/h15-17,32H,5-14H2,1-4H3,(H,25,31)(H,22,23,24,26)/t17-/m0/s1. The lowest BCUT2D eigenvalue weighted by Crippen LogP contribution is -2.49. The summed E-state index contributed by atoms with van der Waals surface area (Å²) in [4.78, 5) is 41.5. The first-order valence-corrected chi connectivity index (χ1v) is 11.6. The number of anilines is 2. The Bertz CT molecular complexity index is 725. The topological polar surface area (TPSA) is 127 Å². The number of aryl methyl sites for hydroxylation is 1. The molecule has 0 saturated carbocycles. The minimum atomic E-state index is -0.541. The fourth-order valence-electron chi connectivity index (χ4n) is 3.64. The van der Waals surface area contributed by atoms with Crippen LogP contribution in [0.5, 0.6) is 0 Å². The molecule has 11 heteroatoms. The van der Waals surface area contributed by atoms with Crippen LogP contribution < -0.4 is 15.8 Å². The second-order valence-electron chi connectivity index (χ2n) is 8.38. The molecule has 1 saturated heterocycles. The number of hydroxylamine groups is 2. The van der Waals surface area contributed by atoms with E-state index in [1.54, 1.807) is 0 Å². The zero-order valence-corrected chi connectivity index (χ0v) is 19.8. The quantitative estimate of drug-likeness (QED) is 0.177. The van der Waals surface area contributed by atoms with Gasteiger partial charge in [0.1, 0.15) is 5.82 Å². The fourth-order valence-corrected chi connectivity index (χ4v) is 3.64. The van der Waals surface area contributed by atoms with Gasteiger partial charge >= 0.3 is 0 Å². The Morgan fingerprint density at radius 3 is 2.47 bits per heavy atom. The minimum Gasteiger partial charge on any atom is -0.338 e. The first-order chi connectivity index (χ1) is 15.4. The summed E-state index contributed by atoms with van der Waals surface area (Å²) in [7, 11) is 0. The van der Waals surface area contributed by atoms with Crippen molar-refractivity contribution in [3.63, 3.8) is 0 Å². The van der Waals surface area contributed by atoms with Crippen molar-refractivity contribution in [3.8, 4) is 0 Å². The second kappa shape index (κ2) is 13.1. The molecule has 1 aromatic rings. The SMILES string of the molecule is CCCCC[C@@H](CN(O)C=O)C(=O)NNc1nc(CC)nc(N2CCN(C(C)C)CC2)n1. The van der Waals surface area contributed by atoms with Gasteiger partial charge in [-0.15, -0.1) is 0 Å². The normalized spacial score (nSPS) is 15.5. The number of carbonyl (C=O) groups is 2. The Balaban J connectivity index is 2.03. The zero-order valence-electron chi connectivity index (χ0n) is 19.8. The van der Waals surface area contributed by atoms with Crippen LogP contribution in [0, 0.1) is 5.92 Å². The van der Waals surface area contributed by atoms with Crippen molar-refractivity contribution in [2.24, 2.45) is 5.92 Å². The highest BCUT2D eigenvalue weighted by Crippen LogP contribution is 2.16. The Morgan fingerprint density at radius 2 is 1.88 bits per heavy atom. The molecular formula is C21H38N8O3. The van der Waals surface area contributed by atoms with E-state index in [-0.39, 0.29) is 18.4 Å². The van der Waals surface area contributed by atoms with E-state index in [1.165, 1.54) is 0 Å². The summed E-state index contributed by atoms with van der Waals surface area (Å²) in [6, 6.07) is 0.508. The largest absolute Gasteiger partial charge is 0.338 e. The second-order valence-corrected chi connectivity index (χ2v) is 8.38. The number of carbonyl (C=O) groups excluding carboxylic acids is 2. The van der Waals surface area contributed by atoms with Gasteiger partial charge in [-0.1, -0.05) is 33.1 Å². The summed E-state index contributed by atoms with van der Waals surface area (Å²) in [6.07, 6.45) is 4.34. The molecule has 2 heterocycles. The summed E-state index contributed by atoms with van der Waals surface area (Å²) in [6.45, 7) is 11.9. The number of rotatable bonds is 13. The lowest BCUT2D eigenvalue weighted by atomic mass is 10.0. The van der Waals surface area contributed by atoms with Crippen molar-refractivity contribution in [2.45, 2.75) is 65.8 Å². The summed E-state index contributed by atoms with van der Waals surface area (Å²) in [5.74, 6) is 0.641. The Kier molecular flexibility index (Phi) is 10.5. The van der Waals surface area contributed by atoms with Crippen LogP contribution in [0.2, 0.25) is 0 Å². The van der Waals surface area contributed by atoms with E-state index in [0.717, 1.165) is 45.4 Å². The molecular weight excluding hydrogens is 412 g/mol. The molecule has 2 amide bonds. The zero-order chi connectivity index (χ0) is 23.5. The van der Waals surface area contributed by atoms with E-state index in [2.05, 4.69) is 56.4 Å². The van der Waals surface area contributed by atoms with Gasteiger partial charge < -0.3 is 4.90 Å². The van der Waals surface area contributed by atoms with Crippen LogP contribution in [-0.4, -0.2) is 81.2 Å². The molecule has 32 heavy (non-hydrogen) atoms. The van der Waals surface area contributed by atoms with Crippen molar-refractivity contribution in [3.05, 3.63) is 5.82 Å². The maximum Gasteiger partial charge on any atom is 0.246 e. The average Bonchev–Trinajstić information content (AvgIpc) is 2.81. The highest BCUT2D eigenvalue weighted by atomic mass is 16.5. The smallest absolute Gasteiger partial charge is 0.246 e. The van der Waals surface area contributed by atoms with Gasteiger partial charge in [-0.05, 0) is 20.3 Å². The van der Waals surface area contributed by atoms with Crippen molar-refractivity contribution >= 4 is 24.2 Å². The van der Waals surface area contributed by atoms with Gasteiger partial charge in [-0.2, -0.15) is 15.0 Å². The third-order valence-corrected chi connectivity index (χ3v) is 5.67. The van der Waals surface area contributed by atoms with E-state index >= 15 is 0 Å². The molecule has 0 aromatic carbocycles. The molecule has 0 bridgehead atoms. The first kappa shape index (κ1) is 25.7. The van der Waals surface area contributed by atoms with E-state index in [9.17, 15) is 14.8 Å². The van der Waals surface area contributed by atoms with Crippen molar-refractivity contribution in [1.82, 2.24) is 30.3 Å². The lowest BCUT2D eigenvalue weighted by Gasteiger charge is -2.37. The van der Waals surface area contributed by atoms with E-state index in [1.807, 2.05) is 6.92 Å². The fraction of sp³-hybridized carbons (Fsp3) is 0.762. The molecule has 0 unspecified atom stereocenters. The molecule has 180 valence electrons. The van der Waals surface area contributed by atoms with Gasteiger partial charge in [0.05, 0.1) is 12.5 Å². The molecule has 3 N–H and O–H groups in total. The molecule has 1 aromatic heterocycles. The molecule has 1 fully saturated rings. The summed E-state index contributed by atoms with van der Waals surface area (Å²) < 4.78 is 0. The highest BCUT2D eigenvalue weighted by Gasteiger charge is 2.23. The maximum absolute atomic E-state index is 12.7. The van der Waals surface area contributed by atoms with Gasteiger partial charge in [-0.3, -0.25) is 30.5 Å². The van der Waals surface area contributed by atoms with Crippen LogP contribution in [0.1, 0.15) is 59.2 Å². The number of unbranched alkanes of at least 4 members (excludes halogenated alkanes) is 2. The number of hydrogen-bond acceptors (Lipinski definition) is 9. The van der Waals surface area contributed by atoms with E-state index < -0.39 is 5.92 Å². The molecule has 11 nitrogen and oxygen atoms in total. The number of hydrazine groups is 1. The van der Waals surface area contributed by atoms with Crippen LogP contribution >= 0.6 is 0 Å². The van der Waals surface area contributed by atoms with Gasteiger partial charge in [0.2, 0.25) is 24.2 Å². The molecule has 1 atom stereocenters. The van der Waals surface area contributed by atoms with Gasteiger partial charge in [0.25, 0.3) is 0 Å². The Morgan fingerprint density at radius 1 is 1.16 bits per heavy atom. The third-order valence-electron chi connectivity index (χ3n) is 5.67. The number of nitrogens with one attached hydrogen (secondary N) is 2. The maximum atomic E-state index is 12.7. The molecule has 0 radical (unpaired) electrons. The average molecular weight is 451 g/mol. The number of nitrogens with zero attached hydrogens (tertiary/aromatic N) is 6. The minimum absolute atomic E-state index is 0.0660. The molecule has 2 rings (SSSR count). The van der Waals surface area contributed by atoms with Crippen LogP contribution in [0.3, 0.4) is 0 Å². The lowest BCUT2D eigenvalue weighted by molar-refractivity contribution is -0.154. The molecule has 1 aliphatic heterocycles. The van der Waals surface area contributed by atoms with Crippen molar-refractivity contribution < 1.29 is 14.8 Å². The predicted octanol–water partition coefficient (Wildman–Crippen LogP) is 1.45. The molecule has 1 aliphatic rings. The Labute approximate surface area is 190 Å². The molecule has 0 aliphatic carbocycles. The number of aromatic nitrogens is 3. The summed E-state index contributed by atoms with van der Waals surface area (Å²) in [5.41, 5.74) is 5.44. The van der Waals surface area contributed by atoms with Crippen LogP contribution in [0.25, 0.3) is 0 Å². The van der Waals surface area contributed by atoms with Gasteiger partial charge in [0.15, 0.2) is 0 Å². The summed E-state index contributed by atoms with van der Waals surface area (Å²) >= 11 is 0. The number of hydrogen-bond donors (Lipinski definition) is 3. The van der Waals surface area contributed by atoms with Crippen molar-refractivity contribution in [2.75, 3.05) is 43.0 Å². The Hall–Kier alpha value is -2.53. The molecule has 0 spiro atoms. The first-order valence-electron chi connectivity index (χ1n) is 11.6. The summed E-state index contributed by atoms with van der Waals surface area (Å²) in [5, 5.41) is 10.0. The van der Waals surface area contributed by atoms with E-state index in [0.29, 0.717) is 42.1 Å². The third kappa shape index (κ3) is 7.86. The highest BCUT2D eigenvalue weighted by molar-refractivity contribution is 5.80. The predicted molar refractivity (Wildman–Crippen MR) is 122 cm³/mol. The van der Waals surface area contributed by atoms with Crippen LogP contribution in [0.4, 0.5) is 11.9 Å². The van der Waals surface area contributed by atoms with Gasteiger partial charge in [-0.25, -0.2) is 5.06 Å². The van der Waals surface area contributed by atoms with E-state index in [4.69, 9.17) is 0 Å². The monoisotopic (exact) mass is 450 g/mol. The van der Waals surface area contributed by atoms with Gasteiger partial charge in [0, 0.05) is 38.6 Å². The van der Waals surface area contributed by atoms with Crippen LogP contribution in [0.15, 0.2) is 0 Å². The van der Waals surface area contributed by atoms with Crippen LogP contribution in [-0.2, 0) is 16.0 Å².